The van der Waals surface area contributed by atoms with Crippen LogP contribution >= 0.6 is 0 Å². The third-order valence-corrected chi connectivity index (χ3v) is 3.63. The lowest BCUT2D eigenvalue weighted by Gasteiger charge is -2.32. The topological polar surface area (TPSA) is 32.7 Å². The molecule has 0 radical (unpaired) electrons. The molecule has 1 N–H and O–H groups in total. The summed E-state index contributed by atoms with van der Waals surface area (Å²) in [5, 5.41) is 10.00. The second-order valence-corrected chi connectivity index (χ2v) is 5.66. The molecule has 0 aliphatic carbocycles. The van der Waals surface area contributed by atoms with Crippen molar-refractivity contribution in [1.29, 1.82) is 0 Å². The Balaban J connectivity index is 1.63. The first-order valence-electron chi connectivity index (χ1n) is 7.26. The molecule has 2 atom stereocenters. The zero-order valence-corrected chi connectivity index (χ0v) is 11.8. The van der Waals surface area contributed by atoms with Gasteiger partial charge in [-0.05, 0) is 30.9 Å². The van der Waals surface area contributed by atoms with Gasteiger partial charge in [0.1, 0.15) is 0 Å². The molecule has 3 heteroatoms. The Morgan fingerprint density at radius 1 is 1.37 bits per heavy atom. The van der Waals surface area contributed by atoms with E-state index >= 15 is 0 Å². The predicted molar refractivity (Wildman–Crippen MR) is 76.9 cm³/mol. The fourth-order valence-corrected chi connectivity index (χ4v) is 2.69. The van der Waals surface area contributed by atoms with Crippen LogP contribution in [0.15, 0.2) is 30.3 Å². The molecule has 0 saturated carbocycles. The maximum Gasteiger partial charge on any atom is 0.0900 e. The molecule has 106 valence electrons. The van der Waals surface area contributed by atoms with Crippen molar-refractivity contribution >= 4 is 0 Å². The van der Waals surface area contributed by atoms with Gasteiger partial charge in [0.25, 0.3) is 0 Å². The molecule has 1 aromatic carbocycles. The van der Waals surface area contributed by atoms with E-state index in [1.807, 2.05) is 30.3 Å². The van der Waals surface area contributed by atoms with Crippen LogP contribution in [0.2, 0.25) is 0 Å². The van der Waals surface area contributed by atoms with Crippen molar-refractivity contribution in [2.75, 3.05) is 26.2 Å². The van der Waals surface area contributed by atoms with Crippen LogP contribution < -0.4 is 0 Å². The molecule has 2 rings (SSSR count). The van der Waals surface area contributed by atoms with Crippen molar-refractivity contribution in [1.82, 2.24) is 4.90 Å². The standard InChI is InChI=1S/C16H25NO2/c1-14-6-5-9-17(10-14)11-16(18)13-19-12-15-7-3-2-4-8-15/h2-4,7-8,14,16,18H,5-6,9-13H2,1H3/t14-,16+/m1/s1. The zero-order valence-electron chi connectivity index (χ0n) is 11.8. The summed E-state index contributed by atoms with van der Waals surface area (Å²) in [5.74, 6) is 0.756. The molecule has 19 heavy (non-hydrogen) atoms. The molecule has 1 saturated heterocycles. The molecule has 1 aromatic rings. The van der Waals surface area contributed by atoms with Crippen LogP contribution in [0.5, 0.6) is 0 Å². The minimum atomic E-state index is -0.381. The number of aliphatic hydroxyl groups excluding tert-OH is 1. The SMILES string of the molecule is C[C@@H]1CCCN(C[C@H](O)COCc2ccccc2)C1. The van der Waals surface area contributed by atoms with Crippen molar-refractivity contribution in [2.45, 2.75) is 32.5 Å². The highest BCUT2D eigenvalue weighted by Crippen LogP contribution is 2.15. The number of aliphatic hydroxyl groups is 1. The molecule has 3 nitrogen and oxygen atoms in total. The van der Waals surface area contributed by atoms with E-state index in [0.717, 1.165) is 31.1 Å². The number of likely N-dealkylation sites (tertiary alicyclic amines) is 1. The molecule has 1 aliphatic heterocycles. The molecule has 0 aromatic heterocycles. The number of rotatable bonds is 6. The zero-order chi connectivity index (χ0) is 13.5. The summed E-state index contributed by atoms with van der Waals surface area (Å²) in [6.07, 6.45) is 2.18. The summed E-state index contributed by atoms with van der Waals surface area (Å²) in [4.78, 5) is 2.35. The van der Waals surface area contributed by atoms with Crippen LogP contribution in [0, 0.1) is 5.92 Å². The van der Waals surface area contributed by atoms with Gasteiger partial charge in [0.05, 0.1) is 19.3 Å². The van der Waals surface area contributed by atoms with Crippen LogP contribution in [-0.2, 0) is 11.3 Å². The van der Waals surface area contributed by atoms with Gasteiger partial charge in [-0.25, -0.2) is 0 Å². The van der Waals surface area contributed by atoms with Gasteiger partial charge in [-0.3, -0.25) is 0 Å². The summed E-state index contributed by atoms with van der Waals surface area (Å²) >= 11 is 0. The lowest BCUT2D eigenvalue weighted by molar-refractivity contribution is 0.00377. The van der Waals surface area contributed by atoms with Gasteiger partial charge in [-0.2, -0.15) is 0 Å². The molecule has 1 heterocycles. The highest BCUT2D eigenvalue weighted by atomic mass is 16.5. The summed E-state index contributed by atoms with van der Waals surface area (Å²) in [6.45, 7) is 6.23. The maximum absolute atomic E-state index is 10.00. The number of hydrogen-bond acceptors (Lipinski definition) is 3. The quantitative estimate of drug-likeness (QED) is 0.855. The predicted octanol–water partition coefficient (Wildman–Crippen LogP) is 2.30. The smallest absolute Gasteiger partial charge is 0.0900 e. The van der Waals surface area contributed by atoms with Gasteiger partial charge in [0.15, 0.2) is 0 Å². The van der Waals surface area contributed by atoms with Crippen LogP contribution in [0.3, 0.4) is 0 Å². The lowest BCUT2D eigenvalue weighted by Crippen LogP contribution is -2.40. The van der Waals surface area contributed by atoms with E-state index in [4.69, 9.17) is 4.74 Å². The van der Waals surface area contributed by atoms with Crippen LogP contribution in [0.25, 0.3) is 0 Å². The Morgan fingerprint density at radius 2 is 2.16 bits per heavy atom. The number of nitrogens with zero attached hydrogens (tertiary/aromatic N) is 1. The van der Waals surface area contributed by atoms with E-state index in [-0.39, 0.29) is 6.10 Å². The van der Waals surface area contributed by atoms with Crippen molar-refractivity contribution in [3.8, 4) is 0 Å². The number of piperidine rings is 1. The maximum atomic E-state index is 10.00. The van der Waals surface area contributed by atoms with E-state index in [2.05, 4.69) is 11.8 Å². The highest BCUT2D eigenvalue weighted by Gasteiger charge is 2.18. The molecular formula is C16H25NO2. The van der Waals surface area contributed by atoms with Crippen molar-refractivity contribution in [3.05, 3.63) is 35.9 Å². The fraction of sp³-hybridized carbons (Fsp3) is 0.625. The Kier molecular flexibility index (Phi) is 5.83. The van der Waals surface area contributed by atoms with Crippen molar-refractivity contribution in [3.63, 3.8) is 0 Å². The Bertz CT molecular complexity index is 355. The monoisotopic (exact) mass is 263 g/mol. The van der Waals surface area contributed by atoms with E-state index < -0.39 is 0 Å². The van der Waals surface area contributed by atoms with Crippen LogP contribution in [0.1, 0.15) is 25.3 Å². The number of β-amino-alcohol motifs (C(OH)–C–C–N with tert-alkyl or cyclic N) is 1. The summed E-state index contributed by atoms with van der Waals surface area (Å²) < 4.78 is 5.57. The van der Waals surface area contributed by atoms with Crippen molar-refractivity contribution < 1.29 is 9.84 Å². The fourth-order valence-electron chi connectivity index (χ4n) is 2.69. The Morgan fingerprint density at radius 3 is 2.89 bits per heavy atom. The van der Waals surface area contributed by atoms with Gasteiger partial charge in [-0.15, -0.1) is 0 Å². The van der Waals surface area contributed by atoms with E-state index in [1.54, 1.807) is 0 Å². The molecule has 1 fully saturated rings. The van der Waals surface area contributed by atoms with Gasteiger partial charge in [0, 0.05) is 13.1 Å². The molecule has 0 spiro atoms. The summed E-state index contributed by atoms with van der Waals surface area (Å²) in [5.41, 5.74) is 1.15. The average molecular weight is 263 g/mol. The van der Waals surface area contributed by atoms with Crippen LogP contribution in [0.4, 0.5) is 0 Å². The average Bonchev–Trinajstić information content (AvgIpc) is 2.40. The van der Waals surface area contributed by atoms with Gasteiger partial charge in [0.2, 0.25) is 0 Å². The molecular weight excluding hydrogens is 238 g/mol. The second-order valence-electron chi connectivity index (χ2n) is 5.66. The Hall–Kier alpha value is -0.900. The normalized spacial score (nSPS) is 22.3. The second kappa shape index (κ2) is 7.63. The third kappa shape index (κ3) is 5.31. The largest absolute Gasteiger partial charge is 0.389 e. The summed E-state index contributed by atoms with van der Waals surface area (Å²) in [6, 6.07) is 10.1. The number of hydrogen-bond donors (Lipinski definition) is 1. The highest BCUT2D eigenvalue weighted by molar-refractivity contribution is 5.13. The van der Waals surface area contributed by atoms with E-state index in [1.165, 1.54) is 12.8 Å². The third-order valence-electron chi connectivity index (χ3n) is 3.63. The number of ether oxygens (including phenoxy) is 1. The first-order chi connectivity index (χ1) is 9.24. The summed E-state index contributed by atoms with van der Waals surface area (Å²) in [7, 11) is 0. The van der Waals surface area contributed by atoms with Gasteiger partial charge < -0.3 is 14.7 Å². The first kappa shape index (κ1) is 14.5. The minimum Gasteiger partial charge on any atom is -0.389 e. The minimum absolute atomic E-state index is 0.381. The molecule has 0 bridgehead atoms. The van der Waals surface area contributed by atoms with E-state index in [0.29, 0.717) is 13.2 Å². The first-order valence-corrected chi connectivity index (χ1v) is 7.26. The van der Waals surface area contributed by atoms with Gasteiger partial charge in [-0.1, -0.05) is 37.3 Å². The van der Waals surface area contributed by atoms with Crippen LogP contribution in [-0.4, -0.2) is 42.4 Å². The van der Waals surface area contributed by atoms with Gasteiger partial charge >= 0.3 is 0 Å². The van der Waals surface area contributed by atoms with E-state index in [9.17, 15) is 5.11 Å². The molecule has 0 amide bonds. The van der Waals surface area contributed by atoms with Crippen molar-refractivity contribution in [2.24, 2.45) is 5.92 Å². The number of benzene rings is 1. The molecule has 0 unspecified atom stereocenters. The molecule has 1 aliphatic rings. The lowest BCUT2D eigenvalue weighted by atomic mass is 10.0. The Labute approximate surface area is 116 Å².